The predicted molar refractivity (Wildman–Crippen MR) is 123 cm³/mol. The molecule has 0 amide bonds. The average molecular weight is 436 g/mol. The SMILES string of the molecule is CCC(Oc1ccccc1O)(c1ccc(Cc2ccc(F)cc2)cc1)C1(O)CCNCC1. The fraction of sp³-hybridized carbons (Fsp3) is 0.333. The predicted octanol–water partition coefficient (Wildman–Crippen LogP) is 4.92. The van der Waals surface area contributed by atoms with E-state index in [9.17, 15) is 14.6 Å². The van der Waals surface area contributed by atoms with Gasteiger partial charge in [0.1, 0.15) is 11.4 Å². The van der Waals surface area contributed by atoms with Crippen LogP contribution in [0.2, 0.25) is 0 Å². The second kappa shape index (κ2) is 9.31. The summed E-state index contributed by atoms with van der Waals surface area (Å²) in [6.07, 6.45) is 2.32. The van der Waals surface area contributed by atoms with E-state index >= 15 is 0 Å². The van der Waals surface area contributed by atoms with Gasteiger partial charge in [0.25, 0.3) is 0 Å². The van der Waals surface area contributed by atoms with Crippen molar-refractivity contribution < 1.29 is 19.3 Å². The molecular weight excluding hydrogens is 405 g/mol. The Bertz CT molecular complexity index is 1030. The molecule has 0 aromatic heterocycles. The van der Waals surface area contributed by atoms with Crippen LogP contribution in [0.5, 0.6) is 11.5 Å². The first kappa shape index (κ1) is 22.3. The zero-order chi connectivity index (χ0) is 22.6. The molecule has 1 saturated heterocycles. The van der Waals surface area contributed by atoms with Crippen molar-refractivity contribution in [2.75, 3.05) is 13.1 Å². The lowest BCUT2D eigenvalue weighted by Crippen LogP contribution is -2.59. The number of phenolic OH excluding ortho intramolecular Hbond substituents is 1. The second-order valence-corrected chi connectivity index (χ2v) is 8.53. The highest BCUT2D eigenvalue weighted by Gasteiger charge is 2.53. The normalized spacial score (nSPS) is 17.5. The van der Waals surface area contributed by atoms with E-state index in [4.69, 9.17) is 4.74 Å². The zero-order valence-corrected chi connectivity index (χ0v) is 18.4. The highest BCUT2D eigenvalue weighted by atomic mass is 19.1. The maximum Gasteiger partial charge on any atom is 0.162 e. The van der Waals surface area contributed by atoms with E-state index in [0.29, 0.717) is 44.5 Å². The molecule has 3 aromatic carbocycles. The minimum atomic E-state index is -1.09. The van der Waals surface area contributed by atoms with Crippen LogP contribution in [0, 0.1) is 5.82 Å². The van der Waals surface area contributed by atoms with Gasteiger partial charge >= 0.3 is 0 Å². The highest BCUT2D eigenvalue weighted by Crippen LogP contribution is 2.46. The highest BCUT2D eigenvalue weighted by molar-refractivity contribution is 5.41. The van der Waals surface area contributed by atoms with Crippen molar-refractivity contribution in [1.29, 1.82) is 0 Å². The summed E-state index contributed by atoms with van der Waals surface area (Å²) >= 11 is 0. The van der Waals surface area contributed by atoms with E-state index in [-0.39, 0.29) is 11.6 Å². The number of phenols is 1. The standard InChI is InChI=1S/C27H30FNO3/c1-2-27(26(31)15-17-29-18-16-26,32-25-6-4-3-5-24(25)30)22-11-7-20(8-12-22)19-21-9-13-23(28)14-10-21/h3-14,29-31H,2,15-19H2,1H3. The number of rotatable bonds is 7. The average Bonchev–Trinajstić information content (AvgIpc) is 2.81. The summed E-state index contributed by atoms with van der Waals surface area (Å²) in [4.78, 5) is 0. The molecule has 1 atom stereocenters. The van der Waals surface area contributed by atoms with Crippen LogP contribution in [0.4, 0.5) is 4.39 Å². The Morgan fingerprint density at radius 3 is 2.12 bits per heavy atom. The van der Waals surface area contributed by atoms with E-state index in [1.165, 1.54) is 12.1 Å². The summed E-state index contributed by atoms with van der Waals surface area (Å²) in [5.74, 6) is 0.167. The summed E-state index contributed by atoms with van der Waals surface area (Å²) in [6.45, 7) is 3.41. The van der Waals surface area contributed by atoms with Gasteiger partial charge in [-0.1, -0.05) is 55.5 Å². The van der Waals surface area contributed by atoms with E-state index in [1.54, 1.807) is 30.3 Å². The van der Waals surface area contributed by atoms with Crippen LogP contribution in [0.1, 0.15) is 42.9 Å². The first-order chi connectivity index (χ1) is 15.5. The molecule has 1 heterocycles. The smallest absolute Gasteiger partial charge is 0.162 e. The molecule has 3 aromatic rings. The van der Waals surface area contributed by atoms with Crippen LogP contribution < -0.4 is 10.1 Å². The van der Waals surface area contributed by atoms with Gasteiger partial charge in [-0.25, -0.2) is 4.39 Å². The lowest BCUT2D eigenvalue weighted by molar-refractivity contribution is -0.158. The number of aromatic hydroxyl groups is 1. The van der Waals surface area contributed by atoms with Crippen LogP contribution in [0.3, 0.4) is 0 Å². The fourth-order valence-corrected chi connectivity index (χ4v) is 4.73. The molecular formula is C27H30FNO3. The molecule has 3 N–H and O–H groups in total. The molecule has 1 fully saturated rings. The third-order valence-electron chi connectivity index (χ3n) is 6.57. The number of aliphatic hydroxyl groups is 1. The van der Waals surface area contributed by atoms with E-state index in [0.717, 1.165) is 16.7 Å². The second-order valence-electron chi connectivity index (χ2n) is 8.53. The van der Waals surface area contributed by atoms with Crippen LogP contribution in [0.15, 0.2) is 72.8 Å². The Kier molecular flexibility index (Phi) is 6.49. The monoisotopic (exact) mass is 435 g/mol. The molecule has 0 aliphatic carbocycles. The lowest BCUT2D eigenvalue weighted by Gasteiger charge is -2.49. The minimum absolute atomic E-state index is 0.0517. The van der Waals surface area contributed by atoms with Crippen molar-refractivity contribution in [3.63, 3.8) is 0 Å². The number of nitrogens with one attached hydrogen (secondary N) is 1. The first-order valence-corrected chi connectivity index (χ1v) is 11.2. The van der Waals surface area contributed by atoms with Crippen molar-refractivity contribution in [3.8, 4) is 11.5 Å². The molecule has 4 nitrogen and oxygen atoms in total. The molecule has 5 heteroatoms. The maximum atomic E-state index is 13.2. The Balaban J connectivity index is 1.70. The summed E-state index contributed by atoms with van der Waals surface area (Å²) in [7, 11) is 0. The van der Waals surface area contributed by atoms with Crippen LogP contribution >= 0.6 is 0 Å². The third-order valence-corrected chi connectivity index (χ3v) is 6.57. The molecule has 0 radical (unpaired) electrons. The Morgan fingerprint density at radius 2 is 1.53 bits per heavy atom. The Morgan fingerprint density at radius 1 is 0.938 bits per heavy atom. The van der Waals surface area contributed by atoms with Gasteiger partial charge < -0.3 is 20.3 Å². The van der Waals surface area contributed by atoms with Crippen LogP contribution in [-0.4, -0.2) is 28.9 Å². The maximum absolute atomic E-state index is 13.2. The number of ether oxygens (including phenoxy) is 1. The van der Waals surface area contributed by atoms with E-state index in [2.05, 4.69) is 5.32 Å². The van der Waals surface area contributed by atoms with Gasteiger partial charge in [-0.3, -0.25) is 0 Å². The third kappa shape index (κ3) is 4.36. The summed E-state index contributed by atoms with van der Waals surface area (Å²) < 4.78 is 19.7. The van der Waals surface area contributed by atoms with Gasteiger partial charge in [-0.15, -0.1) is 0 Å². The van der Waals surface area contributed by atoms with Gasteiger partial charge in [0.2, 0.25) is 0 Å². The van der Waals surface area contributed by atoms with Crippen LogP contribution in [-0.2, 0) is 12.0 Å². The first-order valence-electron chi connectivity index (χ1n) is 11.2. The van der Waals surface area contributed by atoms with Gasteiger partial charge in [0.15, 0.2) is 17.1 Å². The topological polar surface area (TPSA) is 61.7 Å². The summed E-state index contributed by atoms with van der Waals surface area (Å²) in [5.41, 5.74) is 0.889. The van der Waals surface area contributed by atoms with E-state index < -0.39 is 11.2 Å². The number of piperidine rings is 1. The molecule has 168 valence electrons. The van der Waals surface area contributed by atoms with Crippen molar-refractivity contribution in [2.24, 2.45) is 0 Å². The molecule has 1 aliphatic heterocycles. The fourth-order valence-electron chi connectivity index (χ4n) is 4.73. The largest absolute Gasteiger partial charge is 0.504 e. The number of benzene rings is 3. The van der Waals surface area contributed by atoms with Gasteiger partial charge in [-0.2, -0.15) is 0 Å². The van der Waals surface area contributed by atoms with Gasteiger partial charge in [0.05, 0.1) is 0 Å². The minimum Gasteiger partial charge on any atom is -0.504 e. The molecule has 1 aliphatic rings. The Hall–Kier alpha value is -2.89. The van der Waals surface area contributed by atoms with Crippen molar-refractivity contribution in [1.82, 2.24) is 5.32 Å². The van der Waals surface area contributed by atoms with Crippen molar-refractivity contribution >= 4 is 0 Å². The van der Waals surface area contributed by atoms with E-state index in [1.807, 2.05) is 37.3 Å². The molecule has 0 saturated carbocycles. The molecule has 1 unspecified atom stereocenters. The Labute approximate surface area is 188 Å². The van der Waals surface area contributed by atoms with Crippen molar-refractivity contribution in [3.05, 3.63) is 95.3 Å². The number of hydrogen-bond acceptors (Lipinski definition) is 4. The summed E-state index contributed by atoms with van der Waals surface area (Å²) in [5, 5.41) is 25.5. The lowest BCUT2D eigenvalue weighted by atomic mass is 9.70. The molecule has 4 rings (SSSR count). The van der Waals surface area contributed by atoms with Crippen LogP contribution in [0.25, 0.3) is 0 Å². The zero-order valence-electron chi connectivity index (χ0n) is 18.4. The molecule has 0 bridgehead atoms. The van der Waals surface area contributed by atoms with Crippen molar-refractivity contribution in [2.45, 2.75) is 43.8 Å². The van der Waals surface area contributed by atoms with Gasteiger partial charge in [-0.05, 0) is 79.7 Å². The number of hydrogen-bond donors (Lipinski definition) is 3. The van der Waals surface area contributed by atoms with Gasteiger partial charge in [0, 0.05) is 0 Å². The number of halogens is 1. The molecule has 32 heavy (non-hydrogen) atoms. The number of para-hydroxylation sites is 2. The quantitative estimate of drug-likeness (QED) is 0.493. The molecule has 0 spiro atoms. The summed E-state index contributed by atoms with van der Waals surface area (Å²) in [6, 6.07) is 21.5.